The molecule has 2 aromatic rings. The van der Waals surface area contributed by atoms with Crippen LogP contribution in [0.1, 0.15) is 24.9 Å². The SMILES string of the molecule is Cc1nnc(NC(=O)CN[C@H](C)[C@@H](C)n2cccn2)s1. The van der Waals surface area contributed by atoms with Crippen LogP contribution in [0.4, 0.5) is 5.13 Å². The van der Waals surface area contributed by atoms with Crippen LogP contribution in [0.15, 0.2) is 18.5 Å². The van der Waals surface area contributed by atoms with E-state index in [-0.39, 0.29) is 24.5 Å². The van der Waals surface area contributed by atoms with E-state index in [9.17, 15) is 4.79 Å². The molecule has 2 atom stereocenters. The lowest BCUT2D eigenvalue weighted by Gasteiger charge is -2.21. The second-order valence-electron chi connectivity index (χ2n) is 4.57. The molecule has 2 aromatic heterocycles. The van der Waals surface area contributed by atoms with Crippen molar-refractivity contribution in [1.29, 1.82) is 0 Å². The Morgan fingerprint density at radius 2 is 2.25 bits per heavy atom. The molecule has 2 rings (SSSR count). The number of aryl methyl sites for hydroxylation is 1. The highest BCUT2D eigenvalue weighted by Gasteiger charge is 2.15. The Labute approximate surface area is 121 Å². The first-order valence-electron chi connectivity index (χ1n) is 6.38. The van der Waals surface area contributed by atoms with Crippen LogP contribution in [-0.4, -0.2) is 38.5 Å². The summed E-state index contributed by atoms with van der Waals surface area (Å²) in [5.41, 5.74) is 0. The molecule has 1 amide bonds. The molecule has 0 spiro atoms. The summed E-state index contributed by atoms with van der Waals surface area (Å²) in [4.78, 5) is 11.8. The molecule has 7 nitrogen and oxygen atoms in total. The maximum Gasteiger partial charge on any atom is 0.240 e. The molecule has 0 aliphatic carbocycles. The largest absolute Gasteiger partial charge is 0.304 e. The lowest BCUT2D eigenvalue weighted by molar-refractivity contribution is -0.115. The highest BCUT2D eigenvalue weighted by molar-refractivity contribution is 7.15. The van der Waals surface area contributed by atoms with Crippen LogP contribution in [0, 0.1) is 6.92 Å². The molecular weight excluding hydrogens is 276 g/mol. The zero-order valence-corrected chi connectivity index (χ0v) is 12.5. The molecular formula is C12H18N6OS. The molecule has 0 saturated heterocycles. The van der Waals surface area contributed by atoms with Gasteiger partial charge in [-0.2, -0.15) is 5.10 Å². The second kappa shape index (κ2) is 6.58. The van der Waals surface area contributed by atoms with Gasteiger partial charge in [0.25, 0.3) is 0 Å². The van der Waals surface area contributed by atoms with E-state index in [2.05, 4.69) is 32.9 Å². The number of rotatable bonds is 6. The van der Waals surface area contributed by atoms with Crippen molar-refractivity contribution in [2.75, 3.05) is 11.9 Å². The summed E-state index contributed by atoms with van der Waals surface area (Å²) in [5, 5.41) is 19.1. The van der Waals surface area contributed by atoms with Gasteiger partial charge in [0.1, 0.15) is 5.01 Å². The summed E-state index contributed by atoms with van der Waals surface area (Å²) < 4.78 is 1.86. The molecule has 8 heteroatoms. The molecule has 0 aliphatic rings. The molecule has 0 fully saturated rings. The molecule has 0 aliphatic heterocycles. The van der Waals surface area contributed by atoms with Crippen molar-refractivity contribution in [1.82, 2.24) is 25.3 Å². The van der Waals surface area contributed by atoms with E-state index in [4.69, 9.17) is 0 Å². The fourth-order valence-electron chi connectivity index (χ4n) is 1.69. The van der Waals surface area contributed by atoms with Crippen molar-refractivity contribution in [3.8, 4) is 0 Å². The van der Waals surface area contributed by atoms with Crippen LogP contribution < -0.4 is 10.6 Å². The van der Waals surface area contributed by atoms with Crippen molar-refractivity contribution in [3.05, 3.63) is 23.5 Å². The summed E-state index contributed by atoms with van der Waals surface area (Å²) >= 11 is 1.36. The average molecular weight is 294 g/mol. The van der Waals surface area contributed by atoms with E-state index in [1.165, 1.54) is 11.3 Å². The van der Waals surface area contributed by atoms with Gasteiger partial charge in [0.2, 0.25) is 11.0 Å². The predicted molar refractivity (Wildman–Crippen MR) is 77.7 cm³/mol. The summed E-state index contributed by atoms with van der Waals surface area (Å²) in [6.07, 6.45) is 3.65. The highest BCUT2D eigenvalue weighted by Crippen LogP contribution is 2.13. The Kier molecular flexibility index (Phi) is 4.80. The minimum atomic E-state index is -0.124. The third-order valence-electron chi connectivity index (χ3n) is 3.02. The fourth-order valence-corrected chi connectivity index (χ4v) is 2.29. The van der Waals surface area contributed by atoms with E-state index in [1.54, 1.807) is 6.20 Å². The third-order valence-corrected chi connectivity index (χ3v) is 3.78. The molecule has 0 bridgehead atoms. The maximum absolute atomic E-state index is 11.8. The molecule has 0 unspecified atom stereocenters. The van der Waals surface area contributed by atoms with Crippen LogP contribution in [-0.2, 0) is 4.79 Å². The molecule has 0 aromatic carbocycles. The van der Waals surface area contributed by atoms with Gasteiger partial charge < -0.3 is 5.32 Å². The molecule has 2 N–H and O–H groups in total. The number of anilines is 1. The number of nitrogens with zero attached hydrogens (tertiary/aromatic N) is 4. The summed E-state index contributed by atoms with van der Waals surface area (Å²) in [5.74, 6) is -0.124. The van der Waals surface area contributed by atoms with Crippen LogP contribution in [0.25, 0.3) is 0 Å². The minimum absolute atomic E-state index is 0.122. The molecule has 0 saturated carbocycles. The van der Waals surface area contributed by atoms with E-state index >= 15 is 0 Å². The first kappa shape index (κ1) is 14.6. The van der Waals surface area contributed by atoms with E-state index in [1.807, 2.05) is 30.8 Å². The van der Waals surface area contributed by atoms with E-state index < -0.39 is 0 Å². The van der Waals surface area contributed by atoms with Crippen molar-refractivity contribution in [3.63, 3.8) is 0 Å². The Morgan fingerprint density at radius 3 is 2.85 bits per heavy atom. The standard InChI is InChI=1S/C12H18N6OS/c1-8(9(2)18-6-4-5-14-18)13-7-11(19)15-12-17-16-10(3)20-12/h4-6,8-9,13H,7H2,1-3H3,(H,15,17,19)/t8-,9-/m1/s1. The van der Waals surface area contributed by atoms with Gasteiger partial charge >= 0.3 is 0 Å². The first-order chi connectivity index (χ1) is 9.56. The number of carbonyl (C=O) groups is 1. The number of nitrogens with one attached hydrogen (secondary N) is 2. The molecule has 20 heavy (non-hydrogen) atoms. The van der Waals surface area contributed by atoms with Crippen LogP contribution >= 0.6 is 11.3 Å². The zero-order chi connectivity index (χ0) is 14.5. The van der Waals surface area contributed by atoms with Crippen LogP contribution in [0.5, 0.6) is 0 Å². The number of amides is 1. The van der Waals surface area contributed by atoms with E-state index in [0.29, 0.717) is 5.13 Å². The van der Waals surface area contributed by atoms with Gasteiger partial charge in [0.05, 0.1) is 12.6 Å². The minimum Gasteiger partial charge on any atom is -0.304 e. The van der Waals surface area contributed by atoms with Crippen molar-refractivity contribution >= 4 is 22.4 Å². The van der Waals surface area contributed by atoms with Crippen molar-refractivity contribution in [2.24, 2.45) is 0 Å². The number of hydrogen-bond acceptors (Lipinski definition) is 6. The molecule has 0 radical (unpaired) electrons. The summed E-state index contributed by atoms with van der Waals surface area (Å²) in [6, 6.07) is 2.17. The normalized spacial score (nSPS) is 13.9. The average Bonchev–Trinajstić information content (AvgIpc) is 3.07. The van der Waals surface area contributed by atoms with Gasteiger partial charge in [0, 0.05) is 18.4 Å². The third kappa shape index (κ3) is 3.84. The van der Waals surface area contributed by atoms with Gasteiger partial charge in [-0.05, 0) is 26.8 Å². The Morgan fingerprint density at radius 1 is 1.45 bits per heavy atom. The Balaban J connectivity index is 1.78. The second-order valence-corrected chi connectivity index (χ2v) is 5.75. The van der Waals surface area contributed by atoms with Gasteiger partial charge in [0.15, 0.2) is 0 Å². The van der Waals surface area contributed by atoms with Crippen LogP contribution in [0.3, 0.4) is 0 Å². The van der Waals surface area contributed by atoms with Gasteiger partial charge in [-0.15, -0.1) is 10.2 Å². The topological polar surface area (TPSA) is 84.7 Å². The van der Waals surface area contributed by atoms with Crippen LogP contribution in [0.2, 0.25) is 0 Å². The zero-order valence-electron chi connectivity index (χ0n) is 11.7. The first-order valence-corrected chi connectivity index (χ1v) is 7.20. The van der Waals surface area contributed by atoms with Gasteiger partial charge in [-0.3, -0.25) is 14.8 Å². The smallest absolute Gasteiger partial charge is 0.240 e. The maximum atomic E-state index is 11.8. The number of carbonyl (C=O) groups excluding carboxylic acids is 1. The van der Waals surface area contributed by atoms with Gasteiger partial charge in [-0.25, -0.2) is 0 Å². The monoisotopic (exact) mass is 294 g/mol. The van der Waals surface area contributed by atoms with Crippen molar-refractivity contribution < 1.29 is 4.79 Å². The lowest BCUT2D eigenvalue weighted by atomic mass is 10.2. The number of aromatic nitrogens is 4. The number of hydrogen-bond donors (Lipinski definition) is 2. The Hall–Kier alpha value is -1.80. The quantitative estimate of drug-likeness (QED) is 0.837. The van der Waals surface area contributed by atoms with Crippen molar-refractivity contribution in [2.45, 2.75) is 32.9 Å². The lowest BCUT2D eigenvalue weighted by Crippen LogP contribution is -2.39. The summed E-state index contributed by atoms with van der Waals surface area (Å²) in [7, 11) is 0. The van der Waals surface area contributed by atoms with Gasteiger partial charge in [-0.1, -0.05) is 11.3 Å². The fraction of sp³-hybridized carbons (Fsp3) is 0.500. The highest BCUT2D eigenvalue weighted by atomic mass is 32.1. The molecule has 2 heterocycles. The summed E-state index contributed by atoms with van der Waals surface area (Å²) in [6.45, 7) is 6.15. The Bertz CT molecular complexity index is 552. The predicted octanol–water partition coefficient (Wildman–Crippen LogP) is 1.22. The molecule has 108 valence electrons. The van der Waals surface area contributed by atoms with E-state index in [0.717, 1.165) is 5.01 Å².